The standard InChI is InChI=1S/3CHNO.Si/c3*2-1-3;/h3*2H;. The predicted octanol–water partition coefficient (Wildman–Crippen LogP) is -0.678. The van der Waals surface area contributed by atoms with Gasteiger partial charge in [-0.25, -0.2) is 30.6 Å². The molecule has 0 atom stereocenters. The maximum absolute atomic E-state index is 8.35. The van der Waals surface area contributed by atoms with E-state index in [1.54, 1.807) is 0 Å². The molecule has 0 spiro atoms. The van der Waals surface area contributed by atoms with Crippen molar-refractivity contribution >= 4 is 29.2 Å². The summed E-state index contributed by atoms with van der Waals surface area (Å²) in [6.45, 7) is 0. The molecule has 0 aromatic rings. The van der Waals surface area contributed by atoms with Gasteiger partial charge in [0, 0.05) is 11.0 Å². The highest BCUT2D eigenvalue weighted by Gasteiger charge is 1.04. The predicted molar refractivity (Wildman–Crippen MR) is 31.0 cm³/mol. The molecule has 0 heterocycles. The van der Waals surface area contributed by atoms with Crippen LogP contribution in [0.5, 0.6) is 0 Å². The summed E-state index contributed by atoms with van der Waals surface area (Å²) in [7, 11) is 0. The lowest BCUT2D eigenvalue weighted by Gasteiger charge is -1.02. The van der Waals surface area contributed by atoms with Gasteiger partial charge in [-0.2, -0.15) is 0 Å². The number of hydrogen-bond donors (Lipinski definition) is 3. The Morgan fingerprint density at radius 3 is 0.700 bits per heavy atom. The summed E-state index contributed by atoms with van der Waals surface area (Å²) in [6, 6.07) is 0. The quantitative estimate of drug-likeness (QED) is 0.245. The average Bonchev–Trinajstić information content (AvgIpc) is 1.70. The van der Waals surface area contributed by atoms with Crippen molar-refractivity contribution in [1.29, 1.82) is 16.2 Å². The van der Waals surface area contributed by atoms with E-state index >= 15 is 0 Å². The van der Waals surface area contributed by atoms with E-state index in [0.29, 0.717) is 0 Å². The monoisotopic (exact) mass is 157 g/mol. The lowest BCUT2D eigenvalue weighted by molar-refractivity contribution is 0.562. The minimum Gasteiger partial charge on any atom is -0.222 e. The SMILES string of the molecule is N=C=O.N=C=O.N=C=O.[Si]. The van der Waals surface area contributed by atoms with Gasteiger partial charge < -0.3 is 0 Å². The van der Waals surface area contributed by atoms with Crippen molar-refractivity contribution in [2.75, 3.05) is 0 Å². The third-order valence-corrected chi connectivity index (χ3v) is 0. The van der Waals surface area contributed by atoms with Gasteiger partial charge in [0.2, 0.25) is 18.2 Å². The number of isocyanates is 3. The van der Waals surface area contributed by atoms with Gasteiger partial charge in [0.05, 0.1) is 0 Å². The van der Waals surface area contributed by atoms with Crippen LogP contribution in [-0.4, -0.2) is 29.2 Å². The highest BCUT2D eigenvalue weighted by atomic mass is 28.1. The highest BCUT2D eigenvalue weighted by molar-refractivity contribution is 5.75. The molecule has 0 aromatic carbocycles. The summed E-state index contributed by atoms with van der Waals surface area (Å²) in [5.74, 6) is 0. The van der Waals surface area contributed by atoms with Gasteiger partial charge >= 0.3 is 0 Å². The molecule has 3 N–H and O–H groups in total. The molecule has 0 amide bonds. The zero-order valence-corrected chi connectivity index (χ0v) is 5.72. The second-order valence-electron chi connectivity index (χ2n) is 0.306. The Hall–Kier alpha value is -1.64. The third kappa shape index (κ3) is 67.6. The van der Waals surface area contributed by atoms with E-state index in [1.165, 1.54) is 0 Å². The van der Waals surface area contributed by atoms with Crippen LogP contribution in [0.1, 0.15) is 0 Å². The largest absolute Gasteiger partial charge is 0.231 e. The maximum atomic E-state index is 8.35. The van der Waals surface area contributed by atoms with Gasteiger partial charge in [0.25, 0.3) is 0 Å². The molecular formula is C3H3N3O3Si. The molecule has 0 rings (SSSR count). The minimum absolute atomic E-state index is 0. The fourth-order valence-electron chi connectivity index (χ4n) is 0. The summed E-state index contributed by atoms with van der Waals surface area (Å²) in [4.78, 5) is 25.0. The topological polar surface area (TPSA) is 123 Å². The Morgan fingerprint density at radius 1 is 0.700 bits per heavy atom. The van der Waals surface area contributed by atoms with Crippen molar-refractivity contribution in [2.24, 2.45) is 0 Å². The first-order valence-electron chi connectivity index (χ1n) is 1.36. The minimum atomic E-state index is 0. The molecule has 0 aliphatic carbocycles. The van der Waals surface area contributed by atoms with Crippen LogP contribution < -0.4 is 0 Å². The van der Waals surface area contributed by atoms with Crippen LogP contribution in [-0.2, 0) is 14.4 Å². The fourth-order valence-corrected chi connectivity index (χ4v) is 0. The molecule has 0 unspecified atom stereocenters. The molecule has 0 saturated carbocycles. The van der Waals surface area contributed by atoms with Crippen molar-refractivity contribution in [3.63, 3.8) is 0 Å². The van der Waals surface area contributed by atoms with E-state index in [2.05, 4.69) is 0 Å². The number of nitrogens with one attached hydrogen (secondary N) is 3. The van der Waals surface area contributed by atoms with E-state index in [4.69, 9.17) is 30.6 Å². The fraction of sp³-hybridized carbons (Fsp3) is 0. The molecule has 0 aliphatic heterocycles. The van der Waals surface area contributed by atoms with E-state index in [-0.39, 0.29) is 11.0 Å². The lowest BCUT2D eigenvalue weighted by atomic mass is 11.7. The van der Waals surface area contributed by atoms with E-state index in [1.807, 2.05) is 0 Å². The Morgan fingerprint density at radius 2 is 0.700 bits per heavy atom. The van der Waals surface area contributed by atoms with Crippen LogP contribution in [0.3, 0.4) is 0 Å². The van der Waals surface area contributed by atoms with Crippen LogP contribution in [0.4, 0.5) is 0 Å². The Labute approximate surface area is 60.8 Å². The zero-order valence-electron chi connectivity index (χ0n) is 4.72. The molecule has 0 fully saturated rings. The Balaban J connectivity index is -0.0000000257. The smallest absolute Gasteiger partial charge is 0.222 e. The van der Waals surface area contributed by atoms with Crippen LogP contribution in [0.2, 0.25) is 0 Å². The number of carbonyl (C=O) groups excluding carboxylic acids is 3. The van der Waals surface area contributed by atoms with Crippen molar-refractivity contribution in [1.82, 2.24) is 0 Å². The molecular weight excluding hydrogens is 154 g/mol. The molecule has 52 valence electrons. The normalized spacial score (nSPS) is 2.40. The summed E-state index contributed by atoms with van der Waals surface area (Å²) >= 11 is 0. The summed E-state index contributed by atoms with van der Waals surface area (Å²) in [6.07, 6.45) is 2.25. The Kier molecular flexibility index (Phi) is 385. The van der Waals surface area contributed by atoms with Crippen LogP contribution >= 0.6 is 0 Å². The second kappa shape index (κ2) is 161. The lowest BCUT2D eigenvalue weighted by Crippen LogP contribution is -1.16. The molecule has 0 saturated heterocycles. The molecule has 0 aromatic heterocycles. The van der Waals surface area contributed by atoms with Gasteiger partial charge in [-0.05, 0) is 0 Å². The van der Waals surface area contributed by atoms with Crippen molar-refractivity contribution in [3.8, 4) is 0 Å². The first kappa shape index (κ1) is 23.8. The van der Waals surface area contributed by atoms with E-state index < -0.39 is 0 Å². The van der Waals surface area contributed by atoms with Crippen LogP contribution in [0.15, 0.2) is 0 Å². The molecule has 0 bridgehead atoms. The number of rotatable bonds is 0. The van der Waals surface area contributed by atoms with Crippen LogP contribution in [0.25, 0.3) is 0 Å². The molecule has 7 heteroatoms. The molecule has 4 radical (unpaired) electrons. The third-order valence-electron chi connectivity index (χ3n) is 0. The molecule has 10 heavy (non-hydrogen) atoms. The molecule has 6 nitrogen and oxygen atoms in total. The van der Waals surface area contributed by atoms with Gasteiger partial charge in [0.1, 0.15) is 0 Å². The Bertz CT molecular complexity index is 111. The highest BCUT2D eigenvalue weighted by Crippen LogP contribution is 0.874. The number of hydrogen-bond acceptors (Lipinski definition) is 6. The molecule has 0 aliphatic rings. The van der Waals surface area contributed by atoms with Crippen LogP contribution in [0, 0.1) is 16.2 Å². The van der Waals surface area contributed by atoms with E-state index in [9.17, 15) is 0 Å². The summed E-state index contributed by atoms with van der Waals surface area (Å²) in [5, 5.41) is 16.2. The van der Waals surface area contributed by atoms with Gasteiger partial charge in [0.15, 0.2) is 0 Å². The van der Waals surface area contributed by atoms with E-state index in [0.717, 1.165) is 18.2 Å². The first-order valence-corrected chi connectivity index (χ1v) is 1.36. The summed E-state index contributed by atoms with van der Waals surface area (Å²) < 4.78 is 0. The summed E-state index contributed by atoms with van der Waals surface area (Å²) in [5.41, 5.74) is 0. The van der Waals surface area contributed by atoms with Gasteiger partial charge in [-0.1, -0.05) is 0 Å². The van der Waals surface area contributed by atoms with Crippen molar-refractivity contribution in [2.45, 2.75) is 0 Å². The maximum Gasteiger partial charge on any atom is 0.231 e. The van der Waals surface area contributed by atoms with Crippen molar-refractivity contribution in [3.05, 3.63) is 0 Å². The first-order chi connectivity index (χ1) is 4.24. The zero-order chi connectivity index (χ0) is 8.12. The van der Waals surface area contributed by atoms with Gasteiger partial charge in [-0.15, -0.1) is 0 Å². The second-order valence-corrected chi connectivity index (χ2v) is 0.306. The average molecular weight is 157 g/mol. The van der Waals surface area contributed by atoms with Crippen molar-refractivity contribution < 1.29 is 14.4 Å². The van der Waals surface area contributed by atoms with Gasteiger partial charge in [-0.3, -0.25) is 0 Å².